The van der Waals surface area contributed by atoms with Gasteiger partial charge in [-0.05, 0) is 35.6 Å². The molecule has 1 N–H and O–H groups in total. The molecule has 2 fully saturated rings. The molecule has 3 rings (SSSR count). The van der Waals surface area contributed by atoms with Crippen LogP contribution < -0.4 is 10.1 Å². The van der Waals surface area contributed by atoms with Crippen molar-refractivity contribution in [2.45, 2.75) is 18.9 Å². The number of hydrogen-bond acceptors (Lipinski definition) is 3. The molecule has 1 heterocycles. The number of carbonyl (C=O) groups is 1. The van der Waals surface area contributed by atoms with E-state index < -0.39 is 6.36 Å². The van der Waals surface area contributed by atoms with Gasteiger partial charge in [-0.1, -0.05) is 18.7 Å². The Kier molecular flexibility index (Phi) is 4.06. The van der Waals surface area contributed by atoms with Crippen molar-refractivity contribution in [2.24, 2.45) is 11.8 Å². The molecule has 3 atom stereocenters. The van der Waals surface area contributed by atoms with Crippen LogP contribution in [0.4, 0.5) is 13.2 Å². The lowest BCUT2D eigenvalue weighted by atomic mass is 10.2. The minimum Gasteiger partial charge on any atom is -0.406 e. The molecule has 0 aromatic heterocycles. The molecule has 1 unspecified atom stereocenters. The Morgan fingerprint density at radius 2 is 1.91 bits per heavy atom. The van der Waals surface area contributed by atoms with Crippen LogP contribution in [0, 0.1) is 11.8 Å². The van der Waals surface area contributed by atoms with E-state index in [2.05, 4.69) is 21.5 Å². The van der Waals surface area contributed by atoms with Crippen LogP contribution in [0.2, 0.25) is 0 Å². The molecule has 1 saturated heterocycles. The average molecular weight is 326 g/mol. The summed E-state index contributed by atoms with van der Waals surface area (Å²) in [6.07, 6.45) is -3.39. The van der Waals surface area contributed by atoms with Gasteiger partial charge in [0, 0.05) is 25.7 Å². The minimum atomic E-state index is -4.66. The summed E-state index contributed by atoms with van der Waals surface area (Å²) in [5, 5.41) is 2.91. The van der Waals surface area contributed by atoms with Crippen LogP contribution >= 0.6 is 0 Å². The van der Waals surface area contributed by atoms with Crippen LogP contribution in [-0.4, -0.2) is 36.3 Å². The van der Waals surface area contributed by atoms with Gasteiger partial charge >= 0.3 is 6.36 Å². The van der Waals surface area contributed by atoms with E-state index in [9.17, 15) is 18.0 Å². The van der Waals surface area contributed by atoms with Crippen LogP contribution in [0.5, 0.6) is 5.75 Å². The Morgan fingerprint density at radius 3 is 2.43 bits per heavy atom. The predicted molar refractivity (Wildman–Crippen MR) is 77.5 cm³/mol. The second kappa shape index (κ2) is 5.88. The van der Waals surface area contributed by atoms with Gasteiger partial charge in [-0.3, -0.25) is 9.69 Å². The monoisotopic (exact) mass is 326 g/mol. The number of amides is 1. The lowest BCUT2D eigenvalue weighted by molar-refractivity contribution is -0.274. The zero-order valence-electron chi connectivity index (χ0n) is 12.3. The van der Waals surface area contributed by atoms with Crippen molar-refractivity contribution in [3.63, 3.8) is 0 Å². The van der Waals surface area contributed by atoms with Gasteiger partial charge in [0.1, 0.15) is 5.75 Å². The molecule has 4 nitrogen and oxygen atoms in total. The van der Waals surface area contributed by atoms with E-state index >= 15 is 0 Å². The summed E-state index contributed by atoms with van der Waals surface area (Å²) in [5.74, 6) is 0.576. The summed E-state index contributed by atoms with van der Waals surface area (Å²) in [7, 11) is 0. The fourth-order valence-electron chi connectivity index (χ4n) is 3.23. The second-order valence-corrected chi connectivity index (χ2v) is 5.95. The molecular weight excluding hydrogens is 309 g/mol. The highest BCUT2D eigenvalue weighted by molar-refractivity contribution is 5.87. The molecule has 0 spiro atoms. The Bertz CT molecular complexity index is 588. The molecule has 0 bridgehead atoms. The molecule has 0 radical (unpaired) electrons. The summed E-state index contributed by atoms with van der Waals surface area (Å²) >= 11 is 0. The van der Waals surface area contributed by atoms with E-state index in [4.69, 9.17) is 0 Å². The van der Waals surface area contributed by atoms with Gasteiger partial charge in [0.15, 0.2) is 0 Å². The van der Waals surface area contributed by atoms with Gasteiger partial charge in [0.2, 0.25) is 5.91 Å². The highest BCUT2D eigenvalue weighted by Crippen LogP contribution is 2.45. The van der Waals surface area contributed by atoms with E-state index in [1.807, 2.05) is 0 Å². The molecule has 1 aliphatic carbocycles. The third-order valence-corrected chi connectivity index (χ3v) is 4.33. The number of nitrogens with zero attached hydrogens (tertiary/aromatic N) is 1. The standard InChI is InChI=1S/C16H17F3N2O2/c1-2-14(22)20-15-12-8-21(9-13(12)15)7-10-3-5-11(6-4-10)23-16(17,18)19/h2-6,12-13,15H,1,7-9H2,(H,20,22)/t12-,13+,15?. The van der Waals surface area contributed by atoms with Crippen molar-refractivity contribution in [1.29, 1.82) is 0 Å². The Balaban J connectivity index is 1.47. The lowest BCUT2D eigenvalue weighted by Gasteiger charge is -2.20. The first-order valence-electron chi connectivity index (χ1n) is 7.36. The first kappa shape index (κ1) is 15.9. The van der Waals surface area contributed by atoms with Crippen molar-refractivity contribution >= 4 is 5.91 Å². The molecule has 1 saturated carbocycles. The van der Waals surface area contributed by atoms with Crippen LogP contribution in [-0.2, 0) is 11.3 Å². The Morgan fingerprint density at radius 1 is 1.30 bits per heavy atom. The zero-order chi connectivity index (χ0) is 16.6. The zero-order valence-corrected chi connectivity index (χ0v) is 12.3. The maximum atomic E-state index is 12.1. The number of ether oxygens (including phenoxy) is 1. The lowest BCUT2D eigenvalue weighted by Crippen LogP contribution is -2.33. The van der Waals surface area contributed by atoms with Crippen molar-refractivity contribution < 1.29 is 22.7 Å². The topological polar surface area (TPSA) is 41.6 Å². The molecule has 1 amide bonds. The van der Waals surface area contributed by atoms with E-state index in [1.165, 1.54) is 18.2 Å². The summed E-state index contributed by atoms with van der Waals surface area (Å²) in [4.78, 5) is 13.5. The van der Waals surface area contributed by atoms with Gasteiger partial charge in [-0.2, -0.15) is 0 Å². The molecule has 124 valence electrons. The SMILES string of the molecule is C=CC(=O)NC1[C@H]2CN(Cc3ccc(OC(F)(F)F)cc3)C[C@@H]12. The van der Waals surface area contributed by atoms with E-state index in [1.54, 1.807) is 12.1 Å². The number of piperidine rings is 1. The largest absolute Gasteiger partial charge is 0.573 e. The predicted octanol–water partition coefficient (Wildman–Crippen LogP) is 2.32. The smallest absolute Gasteiger partial charge is 0.406 e. The maximum Gasteiger partial charge on any atom is 0.573 e. The number of hydrogen-bond donors (Lipinski definition) is 1. The molecule has 1 aromatic rings. The third-order valence-electron chi connectivity index (χ3n) is 4.33. The first-order valence-corrected chi connectivity index (χ1v) is 7.36. The minimum absolute atomic E-state index is 0.142. The molecule has 7 heteroatoms. The highest BCUT2D eigenvalue weighted by atomic mass is 19.4. The van der Waals surface area contributed by atoms with Gasteiger partial charge < -0.3 is 10.1 Å². The van der Waals surface area contributed by atoms with Crippen molar-refractivity contribution in [2.75, 3.05) is 13.1 Å². The Hall–Kier alpha value is -2.02. The van der Waals surface area contributed by atoms with Gasteiger partial charge in [0.05, 0.1) is 0 Å². The molecule has 1 aromatic carbocycles. The van der Waals surface area contributed by atoms with Crippen LogP contribution in [0.15, 0.2) is 36.9 Å². The second-order valence-electron chi connectivity index (χ2n) is 5.95. The van der Waals surface area contributed by atoms with E-state index in [-0.39, 0.29) is 17.7 Å². The van der Waals surface area contributed by atoms with Crippen molar-refractivity contribution in [3.8, 4) is 5.75 Å². The molecule has 23 heavy (non-hydrogen) atoms. The molecular formula is C16H17F3N2O2. The number of rotatable bonds is 5. The van der Waals surface area contributed by atoms with Gasteiger partial charge in [-0.25, -0.2) is 0 Å². The summed E-state index contributed by atoms with van der Waals surface area (Å²) in [6, 6.07) is 6.17. The summed E-state index contributed by atoms with van der Waals surface area (Å²) in [6.45, 7) is 5.88. The number of carbonyl (C=O) groups excluding carboxylic acids is 1. The third kappa shape index (κ3) is 3.85. The number of alkyl halides is 3. The van der Waals surface area contributed by atoms with Crippen LogP contribution in [0.3, 0.4) is 0 Å². The Labute approximate surface area is 131 Å². The highest BCUT2D eigenvalue weighted by Gasteiger charge is 2.56. The van der Waals surface area contributed by atoms with Gasteiger partial charge in [-0.15, -0.1) is 13.2 Å². The van der Waals surface area contributed by atoms with Crippen LogP contribution in [0.1, 0.15) is 5.56 Å². The molecule has 1 aliphatic heterocycles. The normalized spacial score (nSPS) is 26.5. The fourth-order valence-corrected chi connectivity index (χ4v) is 3.23. The van der Waals surface area contributed by atoms with Crippen molar-refractivity contribution in [1.82, 2.24) is 10.2 Å². The number of halogens is 3. The van der Waals surface area contributed by atoms with Crippen LogP contribution in [0.25, 0.3) is 0 Å². The van der Waals surface area contributed by atoms with Crippen molar-refractivity contribution in [3.05, 3.63) is 42.5 Å². The fraction of sp³-hybridized carbons (Fsp3) is 0.438. The van der Waals surface area contributed by atoms with E-state index in [0.29, 0.717) is 18.4 Å². The number of benzene rings is 1. The number of likely N-dealkylation sites (tertiary alicyclic amines) is 1. The van der Waals surface area contributed by atoms with E-state index in [0.717, 1.165) is 18.7 Å². The number of fused-ring (bicyclic) bond motifs is 1. The summed E-state index contributed by atoms with van der Waals surface area (Å²) < 4.78 is 40.2. The molecule has 2 aliphatic rings. The first-order chi connectivity index (χ1) is 10.9. The quantitative estimate of drug-likeness (QED) is 0.845. The summed E-state index contributed by atoms with van der Waals surface area (Å²) in [5.41, 5.74) is 0.938. The number of nitrogens with one attached hydrogen (secondary N) is 1. The average Bonchev–Trinajstić information content (AvgIpc) is 2.92. The maximum absolute atomic E-state index is 12.1. The van der Waals surface area contributed by atoms with Gasteiger partial charge in [0.25, 0.3) is 0 Å².